The molecule has 0 radical (unpaired) electrons. The van der Waals surface area contributed by atoms with Crippen LogP contribution in [0.4, 0.5) is 0 Å². The Morgan fingerprint density at radius 2 is 2.16 bits per heavy atom. The van der Waals surface area contributed by atoms with E-state index in [2.05, 4.69) is 18.7 Å². The number of hydrogen-bond acceptors (Lipinski definition) is 4. The van der Waals surface area contributed by atoms with Gasteiger partial charge in [0.1, 0.15) is 6.61 Å². The van der Waals surface area contributed by atoms with Gasteiger partial charge in [-0.15, -0.1) is 0 Å². The number of likely N-dealkylation sites (tertiary alicyclic amines) is 1. The molecule has 2 aliphatic heterocycles. The van der Waals surface area contributed by atoms with Crippen LogP contribution in [0.2, 0.25) is 0 Å². The van der Waals surface area contributed by atoms with Gasteiger partial charge in [-0.1, -0.05) is 6.92 Å². The molecule has 5 nitrogen and oxygen atoms in total. The van der Waals surface area contributed by atoms with Gasteiger partial charge in [0.25, 0.3) is 0 Å². The average molecular weight is 271 g/mol. The van der Waals surface area contributed by atoms with Crippen LogP contribution in [-0.2, 0) is 14.3 Å². The van der Waals surface area contributed by atoms with Crippen LogP contribution >= 0.6 is 0 Å². The molecule has 2 saturated heterocycles. The minimum atomic E-state index is -0.899. The van der Waals surface area contributed by atoms with E-state index in [1.807, 2.05) is 6.92 Å². The molecule has 0 aromatic carbocycles. The van der Waals surface area contributed by atoms with Crippen molar-refractivity contribution in [3.8, 4) is 0 Å². The Bertz CT molecular complexity index is 340. The van der Waals surface area contributed by atoms with Crippen LogP contribution in [0.3, 0.4) is 0 Å². The molecule has 2 heterocycles. The van der Waals surface area contributed by atoms with Crippen molar-refractivity contribution in [2.75, 3.05) is 26.3 Å². The molecule has 0 amide bonds. The highest BCUT2D eigenvalue weighted by atomic mass is 16.5. The van der Waals surface area contributed by atoms with Gasteiger partial charge in [-0.2, -0.15) is 0 Å². The smallest absolute Gasteiger partial charge is 0.329 e. The Balaban J connectivity index is 1.81. The lowest BCUT2D eigenvalue weighted by molar-refractivity contribution is -0.182. The van der Waals surface area contributed by atoms with Crippen LogP contribution < -0.4 is 0 Å². The number of nitrogens with zero attached hydrogens (tertiary/aromatic N) is 1. The minimum Gasteiger partial charge on any atom is -0.480 e. The van der Waals surface area contributed by atoms with Crippen molar-refractivity contribution in [1.29, 1.82) is 0 Å². The Labute approximate surface area is 114 Å². The summed E-state index contributed by atoms with van der Waals surface area (Å²) in [4.78, 5) is 12.9. The Morgan fingerprint density at radius 3 is 2.74 bits per heavy atom. The maximum Gasteiger partial charge on any atom is 0.329 e. The first kappa shape index (κ1) is 14.8. The van der Waals surface area contributed by atoms with Crippen LogP contribution in [0.5, 0.6) is 0 Å². The molecule has 2 unspecified atom stereocenters. The van der Waals surface area contributed by atoms with Crippen molar-refractivity contribution < 1.29 is 19.4 Å². The molecule has 2 fully saturated rings. The first-order valence-electron chi connectivity index (χ1n) is 7.10. The molecule has 0 spiro atoms. The number of carboxylic acids is 1. The van der Waals surface area contributed by atoms with Gasteiger partial charge in [0, 0.05) is 25.7 Å². The van der Waals surface area contributed by atoms with Crippen molar-refractivity contribution in [2.45, 2.75) is 57.3 Å². The van der Waals surface area contributed by atoms with E-state index < -0.39 is 5.97 Å². The monoisotopic (exact) mass is 271 g/mol. The predicted octanol–water partition coefficient (Wildman–Crippen LogP) is 1.51. The summed E-state index contributed by atoms with van der Waals surface area (Å²) in [7, 11) is 0. The molecule has 0 bridgehead atoms. The third-order valence-corrected chi connectivity index (χ3v) is 4.45. The minimum absolute atomic E-state index is 0.00315. The van der Waals surface area contributed by atoms with Gasteiger partial charge < -0.3 is 14.6 Å². The highest BCUT2D eigenvalue weighted by Crippen LogP contribution is 2.35. The molecule has 0 aliphatic carbocycles. The van der Waals surface area contributed by atoms with E-state index in [9.17, 15) is 4.79 Å². The molecular weight excluding hydrogens is 246 g/mol. The van der Waals surface area contributed by atoms with Gasteiger partial charge in [0.15, 0.2) is 0 Å². The molecule has 2 aliphatic rings. The topological polar surface area (TPSA) is 59.0 Å². The molecule has 110 valence electrons. The summed E-state index contributed by atoms with van der Waals surface area (Å²) < 4.78 is 11.3. The number of ether oxygens (including phenoxy) is 2. The highest BCUT2D eigenvalue weighted by Gasteiger charge is 2.45. The van der Waals surface area contributed by atoms with Crippen molar-refractivity contribution >= 4 is 5.97 Å². The molecule has 19 heavy (non-hydrogen) atoms. The lowest BCUT2D eigenvalue weighted by Gasteiger charge is -2.53. The lowest BCUT2D eigenvalue weighted by atomic mass is 9.85. The number of carbonyl (C=O) groups is 1. The first-order valence-corrected chi connectivity index (χ1v) is 7.10. The van der Waals surface area contributed by atoms with Crippen LogP contribution in [0.25, 0.3) is 0 Å². The average Bonchev–Trinajstić information content (AvgIpc) is 2.33. The fraction of sp³-hybridized carbons (Fsp3) is 0.929. The second-order valence-electron chi connectivity index (χ2n) is 6.34. The molecule has 0 aromatic rings. The van der Waals surface area contributed by atoms with E-state index >= 15 is 0 Å². The molecular formula is C14H25NO4. The standard InChI is InChI=1S/C14H25NO4/c1-4-13(2)7-11(5-6-18-13)15-9-14(3,10-15)19-8-12(16)17/h11H,4-10H2,1-3H3,(H,16,17). The lowest BCUT2D eigenvalue weighted by Crippen LogP contribution is -2.66. The molecule has 5 heteroatoms. The Hall–Kier alpha value is -0.650. The zero-order chi connectivity index (χ0) is 14.1. The Kier molecular flexibility index (Phi) is 4.18. The molecule has 2 rings (SSSR count). The second-order valence-corrected chi connectivity index (χ2v) is 6.34. The summed E-state index contributed by atoms with van der Waals surface area (Å²) in [5, 5.41) is 8.66. The van der Waals surface area contributed by atoms with Crippen LogP contribution in [0.1, 0.15) is 40.0 Å². The van der Waals surface area contributed by atoms with Crippen LogP contribution in [0.15, 0.2) is 0 Å². The summed E-state index contributed by atoms with van der Waals surface area (Å²) >= 11 is 0. The Morgan fingerprint density at radius 1 is 1.47 bits per heavy atom. The maximum atomic E-state index is 10.5. The zero-order valence-electron chi connectivity index (χ0n) is 12.1. The van der Waals surface area contributed by atoms with Gasteiger partial charge in [0.2, 0.25) is 0 Å². The largest absolute Gasteiger partial charge is 0.480 e. The van der Waals surface area contributed by atoms with Crippen LogP contribution in [0, 0.1) is 0 Å². The summed E-state index contributed by atoms with van der Waals surface area (Å²) in [6.45, 7) is 8.60. The van der Waals surface area contributed by atoms with Gasteiger partial charge in [0.05, 0.1) is 11.2 Å². The number of aliphatic carboxylic acids is 1. The van der Waals surface area contributed by atoms with E-state index in [1.165, 1.54) is 0 Å². The van der Waals surface area contributed by atoms with E-state index in [4.69, 9.17) is 14.6 Å². The van der Waals surface area contributed by atoms with Gasteiger partial charge in [-0.05, 0) is 33.1 Å². The predicted molar refractivity (Wildman–Crippen MR) is 71.2 cm³/mol. The van der Waals surface area contributed by atoms with Crippen molar-refractivity contribution in [1.82, 2.24) is 4.90 Å². The normalized spacial score (nSPS) is 34.8. The summed E-state index contributed by atoms with van der Waals surface area (Å²) in [6, 6.07) is 0.542. The summed E-state index contributed by atoms with van der Waals surface area (Å²) in [5.41, 5.74) is -0.295. The van der Waals surface area contributed by atoms with E-state index in [0.717, 1.165) is 39.0 Å². The van der Waals surface area contributed by atoms with Crippen molar-refractivity contribution in [3.05, 3.63) is 0 Å². The number of carboxylic acid groups (broad SMARTS) is 1. The SMILES string of the molecule is CCC1(C)CC(N2CC(C)(OCC(=O)O)C2)CCO1. The molecule has 1 N–H and O–H groups in total. The van der Waals surface area contributed by atoms with Crippen LogP contribution in [-0.4, -0.2) is 59.5 Å². The van der Waals surface area contributed by atoms with E-state index in [1.54, 1.807) is 0 Å². The maximum absolute atomic E-state index is 10.5. The summed E-state index contributed by atoms with van der Waals surface area (Å²) in [5.74, 6) is -0.899. The van der Waals surface area contributed by atoms with E-state index in [-0.39, 0.29) is 17.8 Å². The quantitative estimate of drug-likeness (QED) is 0.821. The van der Waals surface area contributed by atoms with Gasteiger partial charge in [-0.3, -0.25) is 4.90 Å². The van der Waals surface area contributed by atoms with Gasteiger partial charge in [-0.25, -0.2) is 4.79 Å². The second kappa shape index (κ2) is 5.38. The van der Waals surface area contributed by atoms with Gasteiger partial charge >= 0.3 is 5.97 Å². The first-order chi connectivity index (χ1) is 8.86. The number of hydrogen-bond donors (Lipinski definition) is 1. The molecule has 0 saturated carbocycles. The van der Waals surface area contributed by atoms with Crippen molar-refractivity contribution in [3.63, 3.8) is 0 Å². The van der Waals surface area contributed by atoms with Crippen molar-refractivity contribution in [2.24, 2.45) is 0 Å². The third-order valence-electron chi connectivity index (χ3n) is 4.45. The third kappa shape index (κ3) is 3.46. The molecule has 0 aromatic heterocycles. The number of rotatable bonds is 5. The highest BCUT2D eigenvalue weighted by molar-refractivity contribution is 5.68. The zero-order valence-corrected chi connectivity index (χ0v) is 12.1. The summed E-state index contributed by atoms with van der Waals surface area (Å²) in [6.07, 6.45) is 3.15. The van der Waals surface area contributed by atoms with E-state index in [0.29, 0.717) is 6.04 Å². The molecule has 2 atom stereocenters. The fourth-order valence-electron chi connectivity index (χ4n) is 3.06. The fourth-order valence-corrected chi connectivity index (χ4v) is 3.06.